The normalized spacial score (nSPS) is 14.8. The number of halogens is 1. The van der Waals surface area contributed by atoms with Crippen LogP contribution in [0.25, 0.3) is 0 Å². The van der Waals surface area contributed by atoms with Crippen LogP contribution in [0.15, 0.2) is 48.5 Å². The zero-order valence-electron chi connectivity index (χ0n) is 15.2. The van der Waals surface area contributed by atoms with Crippen molar-refractivity contribution in [2.75, 3.05) is 13.1 Å². The maximum atomic E-state index is 13.0. The number of urea groups is 1. The number of piperidine rings is 1. The Bertz CT molecular complexity index is 782. The first-order valence-electron chi connectivity index (χ1n) is 9.17. The van der Waals surface area contributed by atoms with Gasteiger partial charge in [-0.15, -0.1) is 0 Å². The van der Waals surface area contributed by atoms with E-state index in [4.69, 9.17) is 5.73 Å². The minimum atomic E-state index is -0.351. The maximum absolute atomic E-state index is 13.0. The third kappa shape index (κ3) is 4.92. The summed E-state index contributed by atoms with van der Waals surface area (Å²) in [5.41, 5.74) is 8.18. The lowest BCUT2D eigenvalue weighted by atomic mass is 9.89. The van der Waals surface area contributed by atoms with Crippen molar-refractivity contribution in [1.29, 1.82) is 0 Å². The molecule has 27 heavy (non-hydrogen) atoms. The molecule has 2 aromatic rings. The van der Waals surface area contributed by atoms with Crippen LogP contribution in [0.4, 0.5) is 9.18 Å². The van der Waals surface area contributed by atoms with Crippen molar-refractivity contribution < 1.29 is 14.0 Å². The van der Waals surface area contributed by atoms with Gasteiger partial charge in [-0.2, -0.15) is 0 Å². The highest BCUT2D eigenvalue weighted by atomic mass is 19.1. The molecule has 1 heterocycles. The van der Waals surface area contributed by atoms with Crippen molar-refractivity contribution in [3.8, 4) is 0 Å². The van der Waals surface area contributed by atoms with Crippen LogP contribution in [-0.2, 0) is 13.1 Å². The number of benzene rings is 2. The Labute approximate surface area is 158 Å². The van der Waals surface area contributed by atoms with Crippen molar-refractivity contribution in [3.63, 3.8) is 0 Å². The van der Waals surface area contributed by atoms with E-state index in [0.717, 1.165) is 11.1 Å². The average Bonchev–Trinajstić information content (AvgIpc) is 2.72. The van der Waals surface area contributed by atoms with Gasteiger partial charge in [0.15, 0.2) is 5.78 Å². The first-order chi connectivity index (χ1) is 13.1. The number of nitrogens with zero attached hydrogens (tertiary/aromatic N) is 1. The second-order valence-electron chi connectivity index (χ2n) is 6.81. The molecule has 0 aliphatic carbocycles. The largest absolute Gasteiger partial charge is 0.334 e. The smallest absolute Gasteiger partial charge is 0.317 e. The summed E-state index contributed by atoms with van der Waals surface area (Å²) in [5.74, 6) is -0.450. The van der Waals surface area contributed by atoms with Crippen LogP contribution in [0.2, 0.25) is 0 Å². The quantitative estimate of drug-likeness (QED) is 0.796. The summed E-state index contributed by atoms with van der Waals surface area (Å²) in [5, 5.41) is 2.92. The molecule has 1 saturated heterocycles. The molecule has 2 aromatic carbocycles. The van der Waals surface area contributed by atoms with E-state index >= 15 is 0 Å². The summed E-state index contributed by atoms with van der Waals surface area (Å²) in [6, 6.07) is 13.3. The molecule has 0 radical (unpaired) electrons. The lowest BCUT2D eigenvalue weighted by Gasteiger charge is -2.31. The molecule has 1 aliphatic rings. The van der Waals surface area contributed by atoms with Crippen molar-refractivity contribution in [3.05, 3.63) is 71.0 Å². The van der Waals surface area contributed by atoms with Gasteiger partial charge in [0.05, 0.1) is 0 Å². The predicted molar refractivity (Wildman–Crippen MR) is 102 cm³/mol. The van der Waals surface area contributed by atoms with Crippen LogP contribution >= 0.6 is 0 Å². The number of likely N-dealkylation sites (tertiary alicyclic amines) is 1. The van der Waals surface area contributed by atoms with Crippen LogP contribution < -0.4 is 11.1 Å². The van der Waals surface area contributed by atoms with E-state index in [0.29, 0.717) is 44.6 Å². The predicted octanol–water partition coefficient (Wildman–Crippen LogP) is 3.09. The SMILES string of the molecule is NCc1ccc(CNC(=O)N2CCC(C(=O)c3ccc(F)cc3)CC2)cc1. The number of hydrogen-bond donors (Lipinski definition) is 2. The Morgan fingerprint density at radius 3 is 2.19 bits per heavy atom. The van der Waals surface area contributed by atoms with E-state index in [1.165, 1.54) is 24.3 Å². The van der Waals surface area contributed by atoms with Crippen LogP contribution in [0.5, 0.6) is 0 Å². The number of Topliss-reactive ketones (excluding diaryl/α,β-unsaturated/α-hetero) is 1. The van der Waals surface area contributed by atoms with Gasteiger partial charge in [-0.05, 0) is 48.2 Å². The first-order valence-corrected chi connectivity index (χ1v) is 9.17. The van der Waals surface area contributed by atoms with Crippen LogP contribution in [0, 0.1) is 11.7 Å². The molecule has 0 spiro atoms. The fourth-order valence-corrected chi connectivity index (χ4v) is 3.28. The number of carbonyl (C=O) groups excluding carboxylic acids is 2. The van der Waals surface area contributed by atoms with Crippen LogP contribution in [-0.4, -0.2) is 29.8 Å². The number of amides is 2. The molecule has 0 unspecified atom stereocenters. The summed E-state index contributed by atoms with van der Waals surface area (Å²) in [7, 11) is 0. The minimum absolute atomic E-state index is 0.0232. The van der Waals surface area contributed by atoms with Gasteiger partial charge < -0.3 is 16.0 Å². The summed E-state index contributed by atoms with van der Waals surface area (Å²) in [6.45, 7) is 2.03. The molecule has 0 atom stereocenters. The number of nitrogens with two attached hydrogens (primary N) is 1. The Balaban J connectivity index is 1.47. The minimum Gasteiger partial charge on any atom is -0.334 e. The Hall–Kier alpha value is -2.73. The molecule has 6 heteroatoms. The second-order valence-corrected chi connectivity index (χ2v) is 6.81. The molecule has 0 bridgehead atoms. The Kier molecular flexibility index (Phi) is 6.19. The number of hydrogen-bond acceptors (Lipinski definition) is 3. The number of carbonyl (C=O) groups is 2. The maximum Gasteiger partial charge on any atom is 0.317 e. The summed E-state index contributed by atoms with van der Waals surface area (Å²) >= 11 is 0. The molecular formula is C21H24FN3O2. The number of rotatable bonds is 5. The van der Waals surface area contributed by atoms with Gasteiger partial charge in [0.25, 0.3) is 0 Å². The molecule has 1 aliphatic heterocycles. The lowest BCUT2D eigenvalue weighted by molar-refractivity contribution is 0.0854. The molecule has 3 rings (SSSR count). The van der Waals surface area contributed by atoms with Crippen molar-refractivity contribution in [2.24, 2.45) is 11.7 Å². The van der Waals surface area contributed by atoms with E-state index < -0.39 is 0 Å². The van der Waals surface area contributed by atoms with Gasteiger partial charge in [0.2, 0.25) is 0 Å². The molecule has 1 fully saturated rings. The molecular weight excluding hydrogens is 345 g/mol. The molecule has 2 amide bonds. The molecule has 0 aromatic heterocycles. The number of ketones is 1. The summed E-state index contributed by atoms with van der Waals surface area (Å²) in [6.07, 6.45) is 1.24. The van der Waals surface area contributed by atoms with Gasteiger partial charge in [-0.1, -0.05) is 24.3 Å². The average molecular weight is 369 g/mol. The van der Waals surface area contributed by atoms with Crippen molar-refractivity contribution in [2.45, 2.75) is 25.9 Å². The standard InChI is InChI=1S/C21H24FN3O2/c22-19-7-5-17(6-8-19)20(26)18-9-11-25(12-10-18)21(27)24-14-16-3-1-15(13-23)2-4-16/h1-8,18H,9-14,23H2,(H,24,27). The third-order valence-corrected chi connectivity index (χ3v) is 4.98. The van der Waals surface area contributed by atoms with Gasteiger partial charge in [0.1, 0.15) is 5.82 Å². The van der Waals surface area contributed by atoms with Crippen molar-refractivity contribution in [1.82, 2.24) is 10.2 Å². The lowest BCUT2D eigenvalue weighted by Crippen LogP contribution is -2.45. The van der Waals surface area contributed by atoms with Gasteiger partial charge in [-0.3, -0.25) is 4.79 Å². The fraction of sp³-hybridized carbons (Fsp3) is 0.333. The highest BCUT2D eigenvalue weighted by Gasteiger charge is 2.27. The van der Waals surface area contributed by atoms with Gasteiger partial charge in [0, 0.05) is 37.7 Å². The second kappa shape index (κ2) is 8.77. The molecule has 0 saturated carbocycles. The fourth-order valence-electron chi connectivity index (χ4n) is 3.28. The van der Waals surface area contributed by atoms with Crippen LogP contribution in [0.1, 0.15) is 34.3 Å². The number of nitrogens with one attached hydrogen (secondary N) is 1. The molecule has 5 nitrogen and oxygen atoms in total. The Morgan fingerprint density at radius 2 is 1.59 bits per heavy atom. The highest BCUT2D eigenvalue weighted by molar-refractivity contribution is 5.98. The van der Waals surface area contributed by atoms with E-state index in [-0.39, 0.29) is 23.5 Å². The van der Waals surface area contributed by atoms with Crippen molar-refractivity contribution >= 4 is 11.8 Å². The van der Waals surface area contributed by atoms with Crippen LogP contribution in [0.3, 0.4) is 0 Å². The zero-order valence-corrected chi connectivity index (χ0v) is 15.2. The third-order valence-electron chi connectivity index (χ3n) is 4.98. The summed E-state index contributed by atoms with van der Waals surface area (Å²) < 4.78 is 13.0. The monoisotopic (exact) mass is 369 g/mol. The first kappa shape index (κ1) is 19.0. The van der Waals surface area contributed by atoms with E-state index in [9.17, 15) is 14.0 Å². The van der Waals surface area contributed by atoms with Gasteiger partial charge >= 0.3 is 6.03 Å². The van der Waals surface area contributed by atoms with E-state index in [1.807, 2.05) is 24.3 Å². The summed E-state index contributed by atoms with van der Waals surface area (Å²) in [4.78, 5) is 26.6. The Morgan fingerprint density at radius 1 is 1.00 bits per heavy atom. The van der Waals surface area contributed by atoms with E-state index in [2.05, 4.69) is 5.32 Å². The highest BCUT2D eigenvalue weighted by Crippen LogP contribution is 2.22. The molecule has 142 valence electrons. The molecule has 3 N–H and O–H groups in total. The zero-order chi connectivity index (χ0) is 19.2. The van der Waals surface area contributed by atoms with Gasteiger partial charge in [-0.25, -0.2) is 9.18 Å². The van der Waals surface area contributed by atoms with E-state index in [1.54, 1.807) is 4.90 Å². The topological polar surface area (TPSA) is 75.4 Å².